The molecule has 5 heavy (non-hydrogen) atoms. The molecule has 30 valence electrons. The van der Waals surface area contributed by atoms with Crippen LogP contribution in [0.2, 0.25) is 5.32 Å². The van der Waals surface area contributed by atoms with Gasteiger partial charge in [0.25, 0.3) is 0 Å². The molecule has 1 saturated heterocycles. The van der Waals surface area contributed by atoms with Crippen LogP contribution in [-0.2, 0) is 0 Å². The van der Waals surface area contributed by atoms with Gasteiger partial charge in [0.1, 0.15) is 0 Å². The van der Waals surface area contributed by atoms with Crippen molar-refractivity contribution in [2.75, 3.05) is 12.0 Å². The van der Waals surface area contributed by atoms with Crippen molar-refractivity contribution in [2.24, 2.45) is 0 Å². The van der Waals surface area contributed by atoms with E-state index in [-0.39, 0.29) is 0 Å². The van der Waals surface area contributed by atoms with Crippen LogP contribution in [0, 0.1) is 0 Å². The zero-order valence-electron chi connectivity index (χ0n) is 3.03. The molecule has 0 bridgehead atoms. The second-order valence-corrected chi connectivity index (χ2v) is 3.37. The second kappa shape index (κ2) is 1.81. The number of nitrogens with one attached hydrogen (secondary N) is 1. The van der Waals surface area contributed by atoms with Gasteiger partial charge in [-0.3, -0.25) is 0 Å². The molecule has 1 N–H and O–H groups in total. The van der Waals surface area contributed by atoms with Gasteiger partial charge < -0.3 is 0 Å². The van der Waals surface area contributed by atoms with Crippen molar-refractivity contribution in [1.82, 2.24) is 5.32 Å². The van der Waals surface area contributed by atoms with Gasteiger partial charge in [-0.1, -0.05) is 0 Å². The molecule has 0 radical (unpaired) electrons. The van der Waals surface area contributed by atoms with Crippen LogP contribution in [0.1, 0.15) is 0 Å². The molecule has 0 unspecified atom stereocenters. The topological polar surface area (TPSA) is 12.0 Å². The van der Waals surface area contributed by atoms with Crippen molar-refractivity contribution in [3.8, 4) is 0 Å². The molecule has 1 fully saturated rings. The van der Waals surface area contributed by atoms with Gasteiger partial charge in [0.15, 0.2) is 0 Å². The van der Waals surface area contributed by atoms with Gasteiger partial charge in [-0.15, -0.1) is 0 Å². The normalized spacial score (nSPS) is 24.0. The van der Waals surface area contributed by atoms with Gasteiger partial charge >= 0.3 is 37.6 Å². The summed E-state index contributed by atoms with van der Waals surface area (Å²) in [5, 5.41) is 4.70. The molecule has 1 rings (SSSR count). The zero-order chi connectivity index (χ0) is 3.54. The fraction of sp³-hybridized carbons (Fsp3) is 1.00. The molecule has 0 atom stereocenters. The SMILES string of the molecule is C1C[Se]CN1. The molecule has 1 nitrogen and oxygen atoms in total. The molecular weight excluding hydrogens is 129 g/mol. The molecule has 0 aliphatic carbocycles. The van der Waals surface area contributed by atoms with E-state index >= 15 is 0 Å². The zero-order valence-corrected chi connectivity index (χ0v) is 4.74. The Morgan fingerprint density at radius 3 is 2.80 bits per heavy atom. The van der Waals surface area contributed by atoms with Crippen LogP contribution in [0.15, 0.2) is 0 Å². The molecule has 1 heterocycles. The predicted octanol–water partition coefficient (Wildman–Crippen LogP) is -0.330. The fourth-order valence-corrected chi connectivity index (χ4v) is 1.87. The monoisotopic (exact) mass is 137 g/mol. The van der Waals surface area contributed by atoms with Gasteiger partial charge in [-0.2, -0.15) is 0 Å². The van der Waals surface area contributed by atoms with Gasteiger partial charge in [0.05, 0.1) is 0 Å². The quantitative estimate of drug-likeness (QED) is 0.449. The first-order valence-corrected chi connectivity index (χ1v) is 4.21. The van der Waals surface area contributed by atoms with Crippen LogP contribution >= 0.6 is 0 Å². The number of hydrogen-bond donors (Lipinski definition) is 1. The number of rotatable bonds is 0. The summed E-state index contributed by atoms with van der Waals surface area (Å²) in [4.78, 5) is 0. The van der Waals surface area contributed by atoms with Crippen molar-refractivity contribution < 1.29 is 0 Å². The molecule has 0 aromatic rings. The Hall–Kier alpha value is 0.479. The van der Waals surface area contributed by atoms with Crippen LogP contribution < -0.4 is 5.32 Å². The fourth-order valence-electron chi connectivity index (χ4n) is 0.361. The molecule has 0 spiro atoms. The Bertz CT molecular complexity index is 18.5. The van der Waals surface area contributed by atoms with Crippen molar-refractivity contribution in [3.05, 3.63) is 0 Å². The summed E-state index contributed by atoms with van der Waals surface area (Å²) in [6.45, 7) is 1.28. The third-order valence-corrected chi connectivity index (χ3v) is 2.52. The summed E-state index contributed by atoms with van der Waals surface area (Å²) in [6.07, 6.45) is 0. The molecule has 0 aromatic heterocycles. The molecular formula is C3H7NSe. The first-order chi connectivity index (χ1) is 2.50. The average Bonchev–Trinajstić information content (AvgIpc) is 1.76. The van der Waals surface area contributed by atoms with Crippen LogP contribution in [-0.4, -0.2) is 26.9 Å². The molecule has 2 heteroatoms. The number of hydrogen-bond acceptors (Lipinski definition) is 1. The van der Waals surface area contributed by atoms with E-state index in [1.54, 1.807) is 0 Å². The van der Waals surface area contributed by atoms with Crippen molar-refractivity contribution in [3.63, 3.8) is 0 Å². The minimum atomic E-state index is 0.958. The summed E-state index contributed by atoms with van der Waals surface area (Å²) in [5.74, 6) is 0. The van der Waals surface area contributed by atoms with E-state index in [1.807, 2.05) is 0 Å². The van der Waals surface area contributed by atoms with Crippen LogP contribution in [0.25, 0.3) is 0 Å². The van der Waals surface area contributed by atoms with Gasteiger partial charge in [0.2, 0.25) is 0 Å². The van der Waals surface area contributed by atoms with E-state index in [1.165, 1.54) is 17.3 Å². The Morgan fingerprint density at radius 2 is 2.60 bits per heavy atom. The van der Waals surface area contributed by atoms with Crippen molar-refractivity contribution >= 4 is 15.0 Å². The molecule has 0 amide bonds. The van der Waals surface area contributed by atoms with E-state index < -0.39 is 0 Å². The Kier molecular flexibility index (Phi) is 1.32. The van der Waals surface area contributed by atoms with Gasteiger partial charge in [-0.25, -0.2) is 0 Å². The Balaban J connectivity index is 2.08. The van der Waals surface area contributed by atoms with E-state index in [0.29, 0.717) is 0 Å². The molecule has 1 aliphatic heterocycles. The van der Waals surface area contributed by atoms with Gasteiger partial charge in [-0.05, 0) is 0 Å². The third kappa shape index (κ3) is 0.917. The second-order valence-electron chi connectivity index (χ2n) is 1.05. The average molecular weight is 136 g/mol. The summed E-state index contributed by atoms with van der Waals surface area (Å²) in [6, 6.07) is 0. The maximum atomic E-state index is 3.25. The summed E-state index contributed by atoms with van der Waals surface area (Å²) < 4.78 is 0. The van der Waals surface area contributed by atoms with Crippen LogP contribution in [0.4, 0.5) is 0 Å². The predicted molar refractivity (Wildman–Crippen MR) is 23.4 cm³/mol. The van der Waals surface area contributed by atoms with E-state index in [2.05, 4.69) is 5.32 Å². The third-order valence-electron chi connectivity index (χ3n) is 0.627. The summed E-state index contributed by atoms with van der Waals surface area (Å²) in [7, 11) is 0. The molecule has 0 saturated carbocycles. The Labute approximate surface area is 38.3 Å². The molecule has 1 aliphatic rings. The summed E-state index contributed by atoms with van der Waals surface area (Å²) in [5.41, 5.74) is 1.31. The van der Waals surface area contributed by atoms with E-state index in [9.17, 15) is 0 Å². The maximum absolute atomic E-state index is 3.25. The molecule has 0 aromatic carbocycles. The van der Waals surface area contributed by atoms with Crippen molar-refractivity contribution in [1.29, 1.82) is 0 Å². The van der Waals surface area contributed by atoms with Crippen LogP contribution in [0.3, 0.4) is 0 Å². The van der Waals surface area contributed by atoms with Crippen molar-refractivity contribution in [2.45, 2.75) is 5.32 Å². The first-order valence-electron chi connectivity index (χ1n) is 1.78. The Morgan fingerprint density at radius 1 is 1.60 bits per heavy atom. The van der Waals surface area contributed by atoms with E-state index in [4.69, 9.17) is 0 Å². The van der Waals surface area contributed by atoms with E-state index in [0.717, 1.165) is 15.0 Å². The minimum absolute atomic E-state index is 0.958. The van der Waals surface area contributed by atoms with Crippen LogP contribution in [0.5, 0.6) is 0 Å². The summed E-state index contributed by atoms with van der Waals surface area (Å²) >= 11 is 0.958. The first kappa shape index (κ1) is 3.66. The van der Waals surface area contributed by atoms with Gasteiger partial charge in [0, 0.05) is 0 Å². The standard InChI is InChI=1S/C3H7NSe/c1-2-5-3-4-1/h4H,1-3H2.